The first-order valence-electron chi connectivity index (χ1n) is 10.4. The molecule has 2 amide bonds. The predicted molar refractivity (Wildman–Crippen MR) is 116 cm³/mol. The zero-order valence-corrected chi connectivity index (χ0v) is 19.1. The van der Waals surface area contributed by atoms with Crippen LogP contribution in [-0.4, -0.2) is 57.2 Å². The molecule has 1 unspecified atom stereocenters. The third kappa shape index (κ3) is 4.98. The van der Waals surface area contributed by atoms with Gasteiger partial charge in [-0.15, -0.1) is 0 Å². The Bertz CT molecular complexity index is 1250. The number of hydrogen-bond acceptors (Lipinski definition) is 7. The van der Waals surface area contributed by atoms with Crippen molar-refractivity contribution >= 4 is 27.5 Å². The summed E-state index contributed by atoms with van der Waals surface area (Å²) < 4.78 is 35.2. The Labute approximate surface area is 190 Å². The first-order chi connectivity index (χ1) is 15.7. The third-order valence-electron chi connectivity index (χ3n) is 5.38. The molecule has 12 nitrogen and oxygen atoms in total. The summed E-state index contributed by atoms with van der Waals surface area (Å²) in [6, 6.07) is 3.45. The molecule has 0 saturated carbocycles. The summed E-state index contributed by atoms with van der Waals surface area (Å²) in [7, 11) is -0.465. The van der Waals surface area contributed by atoms with Crippen LogP contribution in [0.1, 0.15) is 29.1 Å². The van der Waals surface area contributed by atoms with E-state index < -0.39 is 21.8 Å². The minimum atomic E-state index is -3.75. The standard InChI is InChI=1S/C20H25N7O5S/c1-25-12-16(10-22-25)33(30,31)27-7-3-5-14(11-27)19(28)23-17-13-26(2)24-18(17)20(29)21-9-15-6-4-8-32-15/h4,6,8,10,12-14H,3,5,7,9,11H2,1-2H3,(H,21,29)(H,23,28). The number of piperidine rings is 1. The van der Waals surface area contributed by atoms with Gasteiger partial charge in [-0.25, -0.2) is 8.42 Å². The van der Waals surface area contributed by atoms with E-state index in [1.807, 2.05) is 0 Å². The highest BCUT2D eigenvalue weighted by Gasteiger charge is 2.34. The lowest BCUT2D eigenvalue weighted by molar-refractivity contribution is -0.120. The van der Waals surface area contributed by atoms with Crippen LogP contribution in [0.3, 0.4) is 0 Å². The monoisotopic (exact) mass is 475 g/mol. The fourth-order valence-corrected chi connectivity index (χ4v) is 5.21. The number of hydrogen-bond donors (Lipinski definition) is 2. The number of sulfonamides is 1. The molecule has 33 heavy (non-hydrogen) atoms. The van der Waals surface area contributed by atoms with Crippen LogP contribution in [0.15, 0.2) is 46.3 Å². The molecule has 0 spiro atoms. The fraction of sp³-hybridized carbons (Fsp3) is 0.400. The van der Waals surface area contributed by atoms with Gasteiger partial charge in [-0.05, 0) is 25.0 Å². The SMILES string of the molecule is Cn1cc(S(=O)(=O)N2CCCC(C(=O)Nc3cn(C)nc3C(=O)NCc3ccco3)C2)cn1. The lowest BCUT2D eigenvalue weighted by atomic mass is 9.99. The Hall–Kier alpha value is -3.45. The van der Waals surface area contributed by atoms with E-state index in [9.17, 15) is 18.0 Å². The van der Waals surface area contributed by atoms with Gasteiger partial charge in [0.15, 0.2) is 5.69 Å². The highest BCUT2D eigenvalue weighted by Crippen LogP contribution is 2.25. The van der Waals surface area contributed by atoms with Gasteiger partial charge in [-0.2, -0.15) is 14.5 Å². The van der Waals surface area contributed by atoms with E-state index in [2.05, 4.69) is 20.8 Å². The number of anilines is 1. The second-order valence-corrected chi connectivity index (χ2v) is 9.81. The zero-order valence-electron chi connectivity index (χ0n) is 18.3. The van der Waals surface area contributed by atoms with E-state index in [0.717, 1.165) is 0 Å². The maximum atomic E-state index is 13.0. The first kappa shape index (κ1) is 22.7. The van der Waals surface area contributed by atoms with Gasteiger partial charge in [0.2, 0.25) is 15.9 Å². The zero-order chi connectivity index (χ0) is 23.6. The highest BCUT2D eigenvalue weighted by molar-refractivity contribution is 7.89. The van der Waals surface area contributed by atoms with E-state index in [1.54, 1.807) is 26.2 Å². The molecule has 3 aromatic heterocycles. The largest absolute Gasteiger partial charge is 0.467 e. The number of carbonyl (C=O) groups excluding carboxylic acids is 2. The Morgan fingerprint density at radius 3 is 2.76 bits per heavy atom. The molecule has 0 aromatic carbocycles. The second-order valence-electron chi connectivity index (χ2n) is 7.87. The van der Waals surface area contributed by atoms with Crippen molar-refractivity contribution in [2.75, 3.05) is 18.4 Å². The molecule has 4 heterocycles. The molecule has 176 valence electrons. The van der Waals surface area contributed by atoms with Crippen molar-refractivity contribution in [2.24, 2.45) is 20.0 Å². The summed E-state index contributed by atoms with van der Waals surface area (Å²) >= 11 is 0. The van der Waals surface area contributed by atoms with Crippen LogP contribution in [-0.2, 0) is 35.5 Å². The molecular formula is C20H25N7O5S. The lowest BCUT2D eigenvalue weighted by Gasteiger charge is -2.30. The van der Waals surface area contributed by atoms with Crippen LogP contribution in [0.2, 0.25) is 0 Å². The number of aryl methyl sites for hydroxylation is 2. The number of carbonyl (C=O) groups is 2. The number of nitrogens with zero attached hydrogens (tertiary/aromatic N) is 5. The molecule has 1 saturated heterocycles. The highest BCUT2D eigenvalue weighted by atomic mass is 32.2. The molecular weight excluding hydrogens is 450 g/mol. The summed E-state index contributed by atoms with van der Waals surface area (Å²) in [5.74, 6) is -0.813. The molecule has 1 aliphatic rings. The Kier molecular flexibility index (Phi) is 6.33. The van der Waals surface area contributed by atoms with Crippen LogP contribution in [0, 0.1) is 5.92 Å². The number of rotatable bonds is 7. The molecule has 3 aromatic rings. The van der Waals surface area contributed by atoms with Gasteiger partial charge in [0.1, 0.15) is 10.7 Å². The van der Waals surface area contributed by atoms with Crippen molar-refractivity contribution in [3.63, 3.8) is 0 Å². The van der Waals surface area contributed by atoms with Gasteiger partial charge in [0, 0.05) is 39.6 Å². The van der Waals surface area contributed by atoms with Crippen LogP contribution in [0.25, 0.3) is 0 Å². The summed E-state index contributed by atoms with van der Waals surface area (Å²) in [6.07, 6.45) is 6.85. The minimum absolute atomic E-state index is 0.0450. The van der Waals surface area contributed by atoms with Crippen LogP contribution in [0.5, 0.6) is 0 Å². The average molecular weight is 476 g/mol. The Morgan fingerprint density at radius 1 is 1.24 bits per heavy atom. The van der Waals surface area contributed by atoms with E-state index in [0.29, 0.717) is 25.1 Å². The van der Waals surface area contributed by atoms with Crippen LogP contribution in [0.4, 0.5) is 5.69 Å². The quantitative estimate of drug-likeness (QED) is 0.512. The lowest BCUT2D eigenvalue weighted by Crippen LogP contribution is -2.43. The van der Waals surface area contributed by atoms with Crippen LogP contribution >= 0.6 is 0 Å². The van der Waals surface area contributed by atoms with Crippen LogP contribution < -0.4 is 10.6 Å². The molecule has 4 rings (SSSR count). The molecule has 1 fully saturated rings. The maximum Gasteiger partial charge on any atom is 0.274 e. The Morgan fingerprint density at radius 2 is 2.06 bits per heavy atom. The van der Waals surface area contributed by atoms with Gasteiger partial charge in [0.05, 0.1) is 30.6 Å². The normalized spacial score (nSPS) is 17.1. The van der Waals surface area contributed by atoms with E-state index >= 15 is 0 Å². The fourth-order valence-electron chi connectivity index (χ4n) is 3.70. The average Bonchev–Trinajstić information content (AvgIpc) is 3.54. The van der Waals surface area contributed by atoms with E-state index in [1.165, 1.54) is 38.5 Å². The molecule has 1 aliphatic heterocycles. The summed E-state index contributed by atoms with van der Waals surface area (Å²) in [5.41, 5.74) is 0.319. The number of furan rings is 1. The summed E-state index contributed by atoms with van der Waals surface area (Å²) in [4.78, 5) is 25.7. The van der Waals surface area contributed by atoms with E-state index in [4.69, 9.17) is 4.42 Å². The van der Waals surface area contributed by atoms with Gasteiger partial charge in [0.25, 0.3) is 5.91 Å². The van der Waals surface area contributed by atoms with Gasteiger partial charge in [-0.3, -0.25) is 19.0 Å². The van der Waals surface area contributed by atoms with Gasteiger partial charge < -0.3 is 15.1 Å². The first-order valence-corrected chi connectivity index (χ1v) is 11.8. The van der Waals surface area contributed by atoms with Gasteiger partial charge in [-0.1, -0.05) is 0 Å². The maximum absolute atomic E-state index is 13.0. The van der Waals surface area contributed by atoms with Crippen molar-refractivity contribution < 1.29 is 22.4 Å². The smallest absolute Gasteiger partial charge is 0.274 e. The topological polar surface area (TPSA) is 144 Å². The van der Waals surface area contributed by atoms with Gasteiger partial charge >= 0.3 is 0 Å². The minimum Gasteiger partial charge on any atom is -0.467 e. The molecule has 1 atom stereocenters. The summed E-state index contributed by atoms with van der Waals surface area (Å²) in [6.45, 7) is 0.553. The third-order valence-corrected chi connectivity index (χ3v) is 7.20. The molecule has 13 heteroatoms. The van der Waals surface area contributed by atoms with Crippen molar-refractivity contribution in [1.29, 1.82) is 0 Å². The number of aromatic nitrogens is 4. The second kappa shape index (κ2) is 9.19. The predicted octanol–water partition coefficient (Wildman–Crippen LogP) is 0.716. The molecule has 0 aliphatic carbocycles. The van der Waals surface area contributed by atoms with E-state index in [-0.39, 0.29) is 35.3 Å². The summed E-state index contributed by atoms with van der Waals surface area (Å²) in [5, 5.41) is 13.5. The number of nitrogens with one attached hydrogen (secondary N) is 2. The number of amides is 2. The van der Waals surface area contributed by atoms with Crippen molar-refractivity contribution in [2.45, 2.75) is 24.3 Å². The van der Waals surface area contributed by atoms with Crippen molar-refractivity contribution in [1.82, 2.24) is 29.2 Å². The van der Waals surface area contributed by atoms with Crippen molar-refractivity contribution in [3.8, 4) is 0 Å². The molecule has 0 radical (unpaired) electrons. The molecule has 0 bridgehead atoms. The van der Waals surface area contributed by atoms with Crippen molar-refractivity contribution in [3.05, 3.63) is 48.4 Å². The molecule has 2 N–H and O–H groups in total. The Balaban J connectivity index is 1.43.